The molecular formula is C21H22N2O3S. The lowest BCUT2D eigenvalue weighted by molar-refractivity contribution is 0.0600. The van der Waals surface area contributed by atoms with Gasteiger partial charge in [-0.3, -0.25) is 0 Å². The van der Waals surface area contributed by atoms with Gasteiger partial charge in [0.05, 0.1) is 12.7 Å². The molecule has 2 amide bonds. The molecule has 6 heteroatoms. The number of nitrogens with one attached hydrogen (secondary N) is 2. The molecule has 0 atom stereocenters. The predicted octanol–water partition coefficient (Wildman–Crippen LogP) is 3.77. The minimum atomic E-state index is -0.350. The Morgan fingerprint density at radius 2 is 1.67 bits per heavy atom. The Bertz CT molecular complexity index is 919. The molecule has 1 heterocycles. The molecule has 0 aliphatic heterocycles. The van der Waals surface area contributed by atoms with Gasteiger partial charge in [-0.25, -0.2) is 9.59 Å². The lowest BCUT2D eigenvalue weighted by Gasteiger charge is -2.08. The molecule has 0 bridgehead atoms. The number of esters is 1. The van der Waals surface area contributed by atoms with Crippen molar-refractivity contribution in [3.8, 4) is 0 Å². The van der Waals surface area contributed by atoms with Crippen LogP contribution in [0.3, 0.4) is 0 Å². The van der Waals surface area contributed by atoms with Crippen molar-refractivity contribution in [3.05, 3.63) is 70.6 Å². The monoisotopic (exact) mass is 382 g/mol. The van der Waals surface area contributed by atoms with E-state index in [1.54, 1.807) is 23.5 Å². The van der Waals surface area contributed by atoms with E-state index in [9.17, 15) is 9.59 Å². The van der Waals surface area contributed by atoms with E-state index in [0.29, 0.717) is 25.1 Å². The molecule has 0 saturated carbocycles. The molecule has 3 rings (SSSR count). The molecule has 0 unspecified atom stereocenters. The van der Waals surface area contributed by atoms with Crippen molar-refractivity contribution in [1.29, 1.82) is 0 Å². The highest BCUT2D eigenvalue weighted by molar-refractivity contribution is 7.17. The summed E-state index contributed by atoms with van der Waals surface area (Å²) < 4.78 is 5.95. The molecule has 27 heavy (non-hydrogen) atoms. The van der Waals surface area contributed by atoms with E-state index < -0.39 is 0 Å². The summed E-state index contributed by atoms with van der Waals surface area (Å²) in [7, 11) is 1.36. The smallest absolute Gasteiger partial charge is 0.337 e. The van der Waals surface area contributed by atoms with Crippen LogP contribution in [0.4, 0.5) is 4.79 Å². The average Bonchev–Trinajstić information content (AvgIpc) is 3.11. The van der Waals surface area contributed by atoms with Crippen molar-refractivity contribution in [1.82, 2.24) is 10.6 Å². The standard InChI is InChI=1S/C21H22N2O3S/c1-26-20(24)16-8-6-15(7-9-16)10-12-22-21(25)23-13-11-17-14-27-19-5-3-2-4-18(17)19/h2-9,14H,10-13H2,1H3,(H2,22,23,25). The number of fused-ring (bicyclic) bond motifs is 1. The fraction of sp³-hybridized carbons (Fsp3) is 0.238. The van der Waals surface area contributed by atoms with Gasteiger partial charge in [-0.15, -0.1) is 11.3 Å². The molecule has 0 radical (unpaired) electrons. The van der Waals surface area contributed by atoms with Crippen LogP contribution in [-0.4, -0.2) is 32.2 Å². The van der Waals surface area contributed by atoms with Gasteiger partial charge < -0.3 is 15.4 Å². The predicted molar refractivity (Wildman–Crippen MR) is 108 cm³/mol. The first-order chi connectivity index (χ1) is 13.2. The Hall–Kier alpha value is -2.86. The molecule has 0 aliphatic rings. The van der Waals surface area contributed by atoms with E-state index in [1.165, 1.54) is 22.8 Å². The van der Waals surface area contributed by atoms with Gasteiger partial charge in [0, 0.05) is 17.8 Å². The third-order valence-corrected chi connectivity index (χ3v) is 5.33. The number of carbonyl (C=O) groups is 2. The first kappa shape index (κ1) is 18.9. The minimum absolute atomic E-state index is 0.166. The van der Waals surface area contributed by atoms with Crippen molar-refractivity contribution in [2.24, 2.45) is 0 Å². The SMILES string of the molecule is COC(=O)c1ccc(CCNC(=O)NCCc2csc3ccccc23)cc1. The maximum absolute atomic E-state index is 11.9. The summed E-state index contributed by atoms with van der Waals surface area (Å²) in [5.74, 6) is -0.350. The van der Waals surface area contributed by atoms with Crippen LogP contribution in [0.5, 0.6) is 0 Å². The Morgan fingerprint density at radius 3 is 2.41 bits per heavy atom. The molecule has 1 aromatic heterocycles. The Labute approximate surface area is 162 Å². The van der Waals surface area contributed by atoms with Crippen molar-refractivity contribution < 1.29 is 14.3 Å². The summed E-state index contributed by atoms with van der Waals surface area (Å²) in [5.41, 5.74) is 2.84. The van der Waals surface area contributed by atoms with E-state index in [1.807, 2.05) is 24.3 Å². The van der Waals surface area contributed by atoms with Gasteiger partial charge >= 0.3 is 12.0 Å². The van der Waals surface area contributed by atoms with Crippen molar-refractivity contribution >= 4 is 33.4 Å². The normalized spacial score (nSPS) is 10.6. The second-order valence-electron chi connectivity index (χ2n) is 6.13. The maximum atomic E-state index is 11.9. The molecular weight excluding hydrogens is 360 g/mol. The first-order valence-corrected chi connectivity index (χ1v) is 9.69. The summed E-state index contributed by atoms with van der Waals surface area (Å²) in [5, 5.41) is 9.17. The third-order valence-electron chi connectivity index (χ3n) is 4.32. The number of hydrogen-bond donors (Lipinski definition) is 2. The molecule has 5 nitrogen and oxygen atoms in total. The largest absolute Gasteiger partial charge is 0.465 e. The Balaban J connectivity index is 1.38. The quantitative estimate of drug-likeness (QED) is 0.611. The highest BCUT2D eigenvalue weighted by atomic mass is 32.1. The number of benzene rings is 2. The average molecular weight is 382 g/mol. The highest BCUT2D eigenvalue weighted by Gasteiger charge is 2.06. The Kier molecular flexibility index (Phi) is 6.44. The van der Waals surface area contributed by atoms with E-state index in [0.717, 1.165) is 12.0 Å². The number of urea groups is 1. The van der Waals surface area contributed by atoms with Gasteiger partial charge in [0.25, 0.3) is 0 Å². The fourth-order valence-corrected chi connectivity index (χ4v) is 3.84. The second-order valence-corrected chi connectivity index (χ2v) is 7.04. The third kappa shape index (κ3) is 5.08. The van der Waals surface area contributed by atoms with Crippen LogP contribution in [0.15, 0.2) is 53.9 Å². The highest BCUT2D eigenvalue weighted by Crippen LogP contribution is 2.25. The lowest BCUT2D eigenvalue weighted by atomic mass is 10.1. The molecule has 0 spiro atoms. The summed E-state index contributed by atoms with van der Waals surface area (Å²) in [6.45, 7) is 1.13. The van der Waals surface area contributed by atoms with Crippen LogP contribution >= 0.6 is 11.3 Å². The molecule has 0 saturated heterocycles. The number of thiophene rings is 1. The van der Waals surface area contributed by atoms with Crippen molar-refractivity contribution in [3.63, 3.8) is 0 Å². The summed E-state index contributed by atoms with van der Waals surface area (Å²) in [4.78, 5) is 23.3. The summed E-state index contributed by atoms with van der Waals surface area (Å²) >= 11 is 1.73. The van der Waals surface area contributed by atoms with Crippen LogP contribution in [-0.2, 0) is 17.6 Å². The van der Waals surface area contributed by atoms with E-state index in [2.05, 4.69) is 32.9 Å². The number of carbonyl (C=O) groups excluding carboxylic acids is 2. The fourth-order valence-electron chi connectivity index (χ4n) is 2.85. The molecule has 0 fully saturated rings. The van der Waals surface area contributed by atoms with Gasteiger partial charge in [0.1, 0.15) is 0 Å². The molecule has 140 valence electrons. The van der Waals surface area contributed by atoms with Gasteiger partial charge in [0.2, 0.25) is 0 Å². The van der Waals surface area contributed by atoms with Crippen molar-refractivity contribution in [2.75, 3.05) is 20.2 Å². The molecule has 0 aliphatic carbocycles. The van der Waals surface area contributed by atoms with Crippen LogP contribution in [0.25, 0.3) is 10.1 Å². The summed E-state index contributed by atoms with van der Waals surface area (Å²) in [6.07, 6.45) is 1.51. The van der Waals surface area contributed by atoms with Crippen LogP contribution in [0.2, 0.25) is 0 Å². The zero-order chi connectivity index (χ0) is 19.1. The van der Waals surface area contributed by atoms with Crippen molar-refractivity contribution in [2.45, 2.75) is 12.8 Å². The number of amides is 2. The first-order valence-electron chi connectivity index (χ1n) is 8.81. The maximum Gasteiger partial charge on any atom is 0.337 e. The van der Waals surface area contributed by atoms with Crippen LogP contribution < -0.4 is 10.6 Å². The van der Waals surface area contributed by atoms with E-state index in [4.69, 9.17) is 0 Å². The topological polar surface area (TPSA) is 67.4 Å². The molecule has 3 aromatic rings. The zero-order valence-corrected chi connectivity index (χ0v) is 16.0. The molecule has 2 aromatic carbocycles. The van der Waals surface area contributed by atoms with E-state index >= 15 is 0 Å². The van der Waals surface area contributed by atoms with Gasteiger partial charge in [0.15, 0.2) is 0 Å². The van der Waals surface area contributed by atoms with Crippen LogP contribution in [0.1, 0.15) is 21.5 Å². The van der Waals surface area contributed by atoms with Gasteiger partial charge in [-0.05, 0) is 52.9 Å². The van der Waals surface area contributed by atoms with Crippen LogP contribution in [0, 0.1) is 0 Å². The van der Waals surface area contributed by atoms with Gasteiger partial charge in [-0.1, -0.05) is 30.3 Å². The van der Waals surface area contributed by atoms with Gasteiger partial charge in [-0.2, -0.15) is 0 Å². The lowest BCUT2D eigenvalue weighted by Crippen LogP contribution is -2.37. The number of methoxy groups -OCH3 is 1. The summed E-state index contributed by atoms with van der Waals surface area (Å²) in [6, 6.07) is 15.3. The zero-order valence-electron chi connectivity index (χ0n) is 15.2. The number of ether oxygens (including phenoxy) is 1. The molecule has 2 N–H and O–H groups in total. The minimum Gasteiger partial charge on any atom is -0.465 e. The second kappa shape index (κ2) is 9.19. The van der Waals surface area contributed by atoms with E-state index in [-0.39, 0.29) is 12.0 Å². The Morgan fingerprint density at radius 1 is 0.963 bits per heavy atom. The number of hydrogen-bond acceptors (Lipinski definition) is 4. The number of rotatable bonds is 7.